The van der Waals surface area contributed by atoms with Crippen molar-refractivity contribution in [3.63, 3.8) is 0 Å². The highest BCUT2D eigenvalue weighted by atomic mass is 79.9. The second-order valence-electron chi connectivity index (χ2n) is 4.24. The summed E-state index contributed by atoms with van der Waals surface area (Å²) in [5.74, 6) is 0.580. The van der Waals surface area contributed by atoms with Crippen LogP contribution in [0.5, 0.6) is 0 Å². The van der Waals surface area contributed by atoms with Crippen molar-refractivity contribution in [1.29, 1.82) is 0 Å². The van der Waals surface area contributed by atoms with Crippen LogP contribution in [0.4, 0.5) is 0 Å². The van der Waals surface area contributed by atoms with E-state index in [1.807, 2.05) is 31.2 Å². The molecular weight excluding hydrogens is 308 g/mol. The molecule has 1 N–H and O–H groups in total. The highest BCUT2D eigenvalue weighted by Crippen LogP contribution is 2.24. The average molecular weight is 323 g/mol. The Hall–Kier alpha value is -1.62. The average Bonchev–Trinajstić information content (AvgIpc) is 2.77. The van der Waals surface area contributed by atoms with Crippen LogP contribution < -0.4 is 0 Å². The Bertz CT molecular complexity index is 593. The van der Waals surface area contributed by atoms with E-state index in [-0.39, 0.29) is 5.97 Å². The Kier molecular flexibility index (Phi) is 4.37. The smallest absolute Gasteiger partial charge is 0.305 e. The van der Waals surface area contributed by atoms with Gasteiger partial charge in [0.25, 0.3) is 0 Å². The molecule has 1 aromatic carbocycles. The maximum atomic E-state index is 11.1. The van der Waals surface area contributed by atoms with E-state index in [1.54, 1.807) is 0 Å². The molecule has 0 aliphatic heterocycles. The zero-order valence-corrected chi connectivity index (χ0v) is 12.5. The molecule has 0 bridgehead atoms. The standard InChI is InChI=1S/C14H15BrN2O2/c1-9-14(10-4-3-5-11(15)8-10)17-12(16-9)6-7-13(18)19-2/h3-5,8H,6-7H2,1-2H3,(H,16,17). The van der Waals surface area contributed by atoms with Crippen LogP contribution in [0.3, 0.4) is 0 Å². The van der Waals surface area contributed by atoms with Crippen LogP contribution in [-0.4, -0.2) is 23.0 Å². The SMILES string of the molecule is COC(=O)CCc1nc(-c2cccc(Br)c2)c(C)[nH]1. The third-order valence-corrected chi connectivity index (χ3v) is 3.32. The molecule has 4 nitrogen and oxygen atoms in total. The van der Waals surface area contributed by atoms with Gasteiger partial charge in [0.05, 0.1) is 19.2 Å². The maximum Gasteiger partial charge on any atom is 0.305 e. The maximum absolute atomic E-state index is 11.1. The normalized spacial score (nSPS) is 10.5. The van der Waals surface area contributed by atoms with Crippen LogP contribution in [0.15, 0.2) is 28.7 Å². The Morgan fingerprint density at radius 3 is 2.95 bits per heavy atom. The third-order valence-electron chi connectivity index (χ3n) is 2.83. The summed E-state index contributed by atoms with van der Waals surface area (Å²) in [6, 6.07) is 7.98. The Morgan fingerprint density at radius 2 is 2.26 bits per heavy atom. The summed E-state index contributed by atoms with van der Waals surface area (Å²) in [5.41, 5.74) is 2.96. The Balaban J connectivity index is 2.19. The molecule has 1 aromatic heterocycles. The predicted molar refractivity (Wildman–Crippen MR) is 76.8 cm³/mol. The number of hydrogen-bond donors (Lipinski definition) is 1. The number of H-pyrrole nitrogens is 1. The molecule has 0 aliphatic carbocycles. The number of carbonyl (C=O) groups is 1. The molecule has 2 aromatic rings. The quantitative estimate of drug-likeness (QED) is 0.879. The number of halogens is 1. The first kappa shape index (κ1) is 13.8. The second kappa shape index (κ2) is 6.02. The molecule has 0 saturated carbocycles. The molecule has 0 fully saturated rings. The van der Waals surface area contributed by atoms with E-state index in [0.717, 1.165) is 27.2 Å². The van der Waals surface area contributed by atoms with Crippen LogP contribution in [0.2, 0.25) is 0 Å². The van der Waals surface area contributed by atoms with Crippen molar-refractivity contribution >= 4 is 21.9 Å². The minimum absolute atomic E-state index is 0.224. The summed E-state index contributed by atoms with van der Waals surface area (Å²) >= 11 is 3.45. The van der Waals surface area contributed by atoms with Crippen LogP contribution in [-0.2, 0) is 16.0 Å². The fraction of sp³-hybridized carbons (Fsp3) is 0.286. The Labute approximate surface area is 120 Å². The van der Waals surface area contributed by atoms with Gasteiger partial charge in [0, 0.05) is 22.2 Å². The first-order chi connectivity index (χ1) is 9.10. The van der Waals surface area contributed by atoms with Gasteiger partial charge in [0.1, 0.15) is 5.82 Å². The first-order valence-corrected chi connectivity index (χ1v) is 6.77. The molecule has 0 amide bonds. The lowest BCUT2D eigenvalue weighted by molar-refractivity contribution is -0.140. The molecule has 0 aliphatic rings. The van der Waals surface area contributed by atoms with E-state index in [4.69, 9.17) is 0 Å². The lowest BCUT2D eigenvalue weighted by atomic mass is 10.1. The number of aryl methyl sites for hydroxylation is 2. The van der Waals surface area contributed by atoms with Crippen molar-refractivity contribution in [1.82, 2.24) is 9.97 Å². The van der Waals surface area contributed by atoms with Gasteiger partial charge in [-0.15, -0.1) is 0 Å². The van der Waals surface area contributed by atoms with Gasteiger partial charge in [-0.3, -0.25) is 4.79 Å². The van der Waals surface area contributed by atoms with Crippen molar-refractivity contribution < 1.29 is 9.53 Å². The highest BCUT2D eigenvalue weighted by molar-refractivity contribution is 9.10. The van der Waals surface area contributed by atoms with Gasteiger partial charge in [-0.25, -0.2) is 4.98 Å². The monoisotopic (exact) mass is 322 g/mol. The van der Waals surface area contributed by atoms with Gasteiger partial charge in [0.2, 0.25) is 0 Å². The molecule has 0 atom stereocenters. The molecular formula is C14H15BrN2O2. The Morgan fingerprint density at radius 1 is 1.47 bits per heavy atom. The molecule has 100 valence electrons. The number of ether oxygens (including phenoxy) is 1. The fourth-order valence-corrected chi connectivity index (χ4v) is 2.28. The topological polar surface area (TPSA) is 55.0 Å². The number of aromatic nitrogens is 2. The molecule has 2 rings (SSSR count). The van der Waals surface area contributed by atoms with Crippen molar-refractivity contribution in [3.05, 3.63) is 40.3 Å². The van der Waals surface area contributed by atoms with Gasteiger partial charge < -0.3 is 9.72 Å². The summed E-state index contributed by atoms with van der Waals surface area (Å²) in [7, 11) is 1.39. The van der Waals surface area contributed by atoms with Crippen molar-refractivity contribution in [2.45, 2.75) is 19.8 Å². The summed E-state index contributed by atoms with van der Waals surface area (Å²) < 4.78 is 5.64. The summed E-state index contributed by atoms with van der Waals surface area (Å²) in [6.45, 7) is 1.98. The molecule has 0 unspecified atom stereocenters. The summed E-state index contributed by atoms with van der Waals surface area (Å²) in [4.78, 5) is 18.9. The van der Waals surface area contributed by atoms with Gasteiger partial charge >= 0.3 is 5.97 Å². The van der Waals surface area contributed by atoms with Crippen LogP contribution in [0, 0.1) is 6.92 Å². The van der Waals surface area contributed by atoms with E-state index >= 15 is 0 Å². The number of hydrogen-bond acceptors (Lipinski definition) is 3. The van der Waals surface area contributed by atoms with Crippen LogP contribution >= 0.6 is 15.9 Å². The number of methoxy groups -OCH3 is 1. The highest BCUT2D eigenvalue weighted by Gasteiger charge is 2.10. The van der Waals surface area contributed by atoms with Gasteiger partial charge in [-0.2, -0.15) is 0 Å². The van der Waals surface area contributed by atoms with Gasteiger partial charge in [-0.05, 0) is 19.1 Å². The number of nitrogens with one attached hydrogen (secondary N) is 1. The lowest BCUT2D eigenvalue weighted by Crippen LogP contribution is -2.02. The number of rotatable bonds is 4. The number of benzene rings is 1. The third kappa shape index (κ3) is 3.44. The fourth-order valence-electron chi connectivity index (χ4n) is 1.88. The van der Waals surface area contributed by atoms with Gasteiger partial charge in [-0.1, -0.05) is 28.1 Å². The number of nitrogens with zero attached hydrogens (tertiary/aromatic N) is 1. The second-order valence-corrected chi connectivity index (χ2v) is 5.16. The van der Waals surface area contributed by atoms with Gasteiger partial charge in [0.15, 0.2) is 0 Å². The first-order valence-electron chi connectivity index (χ1n) is 5.98. The summed E-state index contributed by atoms with van der Waals surface area (Å²) in [5, 5.41) is 0. The zero-order chi connectivity index (χ0) is 13.8. The molecule has 0 spiro atoms. The predicted octanol–water partition coefficient (Wildman–Crippen LogP) is 3.25. The molecule has 0 radical (unpaired) electrons. The largest absolute Gasteiger partial charge is 0.469 e. The van der Waals surface area contributed by atoms with Crippen LogP contribution in [0.25, 0.3) is 11.3 Å². The van der Waals surface area contributed by atoms with Crippen molar-refractivity contribution in [3.8, 4) is 11.3 Å². The summed E-state index contributed by atoms with van der Waals surface area (Å²) in [6.07, 6.45) is 0.892. The number of imidazole rings is 1. The van der Waals surface area contributed by atoms with E-state index in [9.17, 15) is 4.79 Å². The van der Waals surface area contributed by atoms with Crippen molar-refractivity contribution in [2.24, 2.45) is 0 Å². The molecule has 5 heteroatoms. The molecule has 0 saturated heterocycles. The number of aromatic amines is 1. The van der Waals surface area contributed by atoms with E-state index < -0.39 is 0 Å². The van der Waals surface area contributed by atoms with Crippen LogP contribution in [0.1, 0.15) is 17.9 Å². The minimum atomic E-state index is -0.224. The number of carbonyl (C=O) groups excluding carboxylic acids is 1. The number of esters is 1. The van der Waals surface area contributed by atoms with E-state index in [0.29, 0.717) is 12.8 Å². The molecule has 1 heterocycles. The zero-order valence-electron chi connectivity index (χ0n) is 10.9. The minimum Gasteiger partial charge on any atom is -0.469 e. The van der Waals surface area contributed by atoms with E-state index in [1.165, 1.54) is 7.11 Å². The van der Waals surface area contributed by atoms with Crippen molar-refractivity contribution in [2.75, 3.05) is 7.11 Å². The van der Waals surface area contributed by atoms with E-state index in [2.05, 4.69) is 30.6 Å². The lowest BCUT2D eigenvalue weighted by Gasteiger charge is -1.99. The molecule has 19 heavy (non-hydrogen) atoms.